The highest BCUT2D eigenvalue weighted by molar-refractivity contribution is 7.98. The lowest BCUT2D eigenvalue weighted by Crippen LogP contribution is -2.46. The molecule has 152 valence electrons. The fourth-order valence-corrected chi connectivity index (χ4v) is 11.8. The average Bonchev–Trinajstić information content (AvgIpc) is 2.65. The molecule has 0 spiro atoms. The van der Waals surface area contributed by atoms with Crippen molar-refractivity contribution in [3.63, 3.8) is 0 Å². The van der Waals surface area contributed by atoms with E-state index in [1.165, 1.54) is 16.0 Å². The van der Waals surface area contributed by atoms with Gasteiger partial charge in [-0.15, -0.1) is 11.8 Å². The van der Waals surface area contributed by atoms with Crippen LogP contribution in [0.4, 0.5) is 0 Å². The van der Waals surface area contributed by atoms with E-state index in [0.29, 0.717) is 28.8 Å². The van der Waals surface area contributed by atoms with Crippen LogP contribution in [0.5, 0.6) is 0 Å². The number of hydrogen-bond acceptors (Lipinski definition) is 2. The second-order valence-electron chi connectivity index (χ2n) is 8.85. The third kappa shape index (κ3) is 5.61. The van der Waals surface area contributed by atoms with Gasteiger partial charge in [-0.25, -0.2) is 0 Å². The molecule has 0 aromatic heterocycles. The van der Waals surface area contributed by atoms with Crippen LogP contribution in [0.2, 0.25) is 22.7 Å². The van der Waals surface area contributed by atoms with Crippen molar-refractivity contribution in [1.29, 1.82) is 0 Å². The van der Waals surface area contributed by atoms with E-state index in [1.807, 2.05) is 11.8 Å². The van der Waals surface area contributed by atoms with Crippen LogP contribution in [0.25, 0.3) is 0 Å². The molecule has 0 heterocycles. The zero-order chi connectivity index (χ0) is 20.7. The van der Waals surface area contributed by atoms with Crippen LogP contribution in [0.3, 0.4) is 0 Å². The van der Waals surface area contributed by atoms with E-state index in [1.54, 1.807) is 0 Å². The molecule has 0 fully saturated rings. The van der Waals surface area contributed by atoms with Gasteiger partial charge < -0.3 is 0 Å². The SMILES string of the molecule is CC(C)[Si](CC(=O)Cc1ccccc1SCc1ccccc1)(C(C)C)C(C)C. The molecule has 0 saturated heterocycles. The number of benzene rings is 2. The molecule has 1 nitrogen and oxygen atoms in total. The van der Waals surface area contributed by atoms with E-state index >= 15 is 0 Å². The first-order chi connectivity index (χ1) is 13.3. The van der Waals surface area contributed by atoms with Crippen LogP contribution in [-0.4, -0.2) is 13.9 Å². The van der Waals surface area contributed by atoms with Gasteiger partial charge in [0, 0.05) is 23.1 Å². The summed E-state index contributed by atoms with van der Waals surface area (Å²) < 4.78 is 0. The van der Waals surface area contributed by atoms with Gasteiger partial charge in [-0.2, -0.15) is 0 Å². The van der Waals surface area contributed by atoms with Gasteiger partial charge in [0.2, 0.25) is 0 Å². The zero-order valence-electron chi connectivity index (χ0n) is 18.4. The predicted molar refractivity (Wildman–Crippen MR) is 127 cm³/mol. The number of carbonyl (C=O) groups excluding carboxylic acids is 1. The first kappa shape index (κ1) is 23.0. The number of Topliss-reactive ketones (excluding diaryl/α,β-unsaturated/α-hetero) is 1. The molecule has 2 aromatic carbocycles. The maximum atomic E-state index is 13.2. The second-order valence-corrected chi connectivity index (χ2v) is 15.9. The van der Waals surface area contributed by atoms with E-state index in [2.05, 4.69) is 96.1 Å². The summed E-state index contributed by atoms with van der Waals surface area (Å²) in [4.78, 5) is 14.4. The number of carbonyl (C=O) groups is 1. The van der Waals surface area contributed by atoms with Crippen LogP contribution < -0.4 is 0 Å². The highest BCUT2D eigenvalue weighted by Gasteiger charge is 2.43. The minimum absolute atomic E-state index is 0.426. The third-order valence-electron chi connectivity index (χ3n) is 6.33. The maximum Gasteiger partial charge on any atom is 0.134 e. The Hall–Kier alpha value is -1.32. The molecule has 3 heteroatoms. The molecule has 0 saturated carbocycles. The Balaban J connectivity index is 2.13. The van der Waals surface area contributed by atoms with E-state index < -0.39 is 8.07 Å². The van der Waals surface area contributed by atoms with Gasteiger partial charge in [-0.1, -0.05) is 107 Å². The summed E-state index contributed by atoms with van der Waals surface area (Å²) in [6.07, 6.45) is 0.568. The van der Waals surface area contributed by atoms with Crippen molar-refractivity contribution in [2.45, 2.75) is 81.3 Å². The van der Waals surface area contributed by atoms with Crippen molar-refractivity contribution >= 4 is 25.6 Å². The molecule has 0 aliphatic heterocycles. The monoisotopic (exact) mass is 412 g/mol. The highest BCUT2D eigenvalue weighted by Crippen LogP contribution is 2.44. The molecule has 0 atom stereocenters. The van der Waals surface area contributed by atoms with Crippen molar-refractivity contribution < 1.29 is 4.79 Å². The first-order valence-electron chi connectivity index (χ1n) is 10.5. The fraction of sp³-hybridized carbons (Fsp3) is 0.480. The minimum atomic E-state index is -1.69. The Morgan fingerprint density at radius 1 is 0.821 bits per heavy atom. The largest absolute Gasteiger partial charge is 0.300 e. The van der Waals surface area contributed by atoms with E-state index in [-0.39, 0.29) is 0 Å². The van der Waals surface area contributed by atoms with Crippen LogP contribution >= 0.6 is 11.8 Å². The summed E-state index contributed by atoms with van der Waals surface area (Å²) in [6.45, 7) is 14.0. The van der Waals surface area contributed by atoms with Gasteiger partial charge in [0.1, 0.15) is 5.78 Å². The van der Waals surface area contributed by atoms with Gasteiger partial charge in [0.05, 0.1) is 8.07 Å². The smallest absolute Gasteiger partial charge is 0.134 e. The Kier molecular flexibility index (Phi) is 8.57. The fourth-order valence-electron chi connectivity index (χ4n) is 4.75. The topological polar surface area (TPSA) is 17.1 Å². The first-order valence-corrected chi connectivity index (χ1v) is 14.0. The number of rotatable bonds is 10. The lowest BCUT2D eigenvalue weighted by atomic mass is 10.1. The average molecular weight is 413 g/mol. The highest BCUT2D eigenvalue weighted by atomic mass is 32.2. The molecule has 0 bridgehead atoms. The lowest BCUT2D eigenvalue weighted by molar-refractivity contribution is -0.116. The summed E-state index contributed by atoms with van der Waals surface area (Å²) >= 11 is 1.84. The second kappa shape index (κ2) is 10.5. The van der Waals surface area contributed by atoms with Gasteiger partial charge >= 0.3 is 0 Å². The van der Waals surface area contributed by atoms with Crippen molar-refractivity contribution in [3.8, 4) is 0 Å². The predicted octanol–water partition coefficient (Wildman–Crippen LogP) is 7.77. The summed E-state index contributed by atoms with van der Waals surface area (Å²) in [6, 6.07) is 19.8. The molecule has 0 unspecified atom stereocenters. The van der Waals surface area contributed by atoms with Crippen LogP contribution in [0.15, 0.2) is 59.5 Å². The van der Waals surface area contributed by atoms with Crippen LogP contribution in [0, 0.1) is 0 Å². The molecule has 2 aromatic rings. The summed E-state index contributed by atoms with van der Waals surface area (Å²) in [7, 11) is -1.69. The molecular formula is C25H36OSSi. The Labute approximate surface area is 177 Å². The van der Waals surface area contributed by atoms with Crippen molar-refractivity contribution in [2.75, 3.05) is 0 Å². The number of hydrogen-bond donors (Lipinski definition) is 0. The van der Waals surface area contributed by atoms with E-state index in [9.17, 15) is 4.79 Å². The van der Waals surface area contributed by atoms with Crippen LogP contribution in [-0.2, 0) is 17.0 Å². The lowest BCUT2D eigenvalue weighted by Gasteiger charge is -2.43. The van der Waals surface area contributed by atoms with Gasteiger partial charge in [-0.05, 0) is 17.2 Å². The van der Waals surface area contributed by atoms with Crippen molar-refractivity contribution in [1.82, 2.24) is 0 Å². The van der Waals surface area contributed by atoms with E-state index in [4.69, 9.17) is 0 Å². The standard InChI is InChI=1S/C25H36OSSi/c1-19(2)28(20(3)4,21(5)6)18-24(26)16-23-14-10-11-15-25(23)27-17-22-12-8-7-9-13-22/h7-15,19-21H,16-18H2,1-6H3. The Morgan fingerprint density at radius 3 is 1.93 bits per heavy atom. The zero-order valence-corrected chi connectivity index (χ0v) is 20.2. The van der Waals surface area contributed by atoms with E-state index in [0.717, 1.165) is 11.8 Å². The van der Waals surface area contributed by atoms with Crippen molar-refractivity contribution in [2.24, 2.45) is 0 Å². The molecule has 0 aliphatic carbocycles. The maximum absolute atomic E-state index is 13.2. The quantitative estimate of drug-likeness (QED) is 0.293. The summed E-state index contributed by atoms with van der Waals surface area (Å²) in [5.74, 6) is 1.37. The van der Waals surface area contributed by atoms with Gasteiger partial charge in [0.25, 0.3) is 0 Å². The Bertz CT molecular complexity index is 730. The normalized spacial score (nSPS) is 12.2. The minimum Gasteiger partial charge on any atom is -0.300 e. The van der Waals surface area contributed by atoms with Crippen molar-refractivity contribution in [3.05, 3.63) is 65.7 Å². The van der Waals surface area contributed by atoms with Gasteiger partial charge in [-0.3, -0.25) is 4.79 Å². The molecule has 0 aliphatic rings. The number of ketones is 1. The molecule has 2 rings (SSSR count). The molecule has 0 amide bonds. The molecular weight excluding hydrogens is 376 g/mol. The molecule has 28 heavy (non-hydrogen) atoms. The number of thioether (sulfide) groups is 1. The summed E-state index contributed by atoms with van der Waals surface area (Å²) in [5, 5.41) is 0. The van der Waals surface area contributed by atoms with Crippen LogP contribution in [0.1, 0.15) is 52.7 Å². The summed E-state index contributed by atoms with van der Waals surface area (Å²) in [5.41, 5.74) is 4.38. The third-order valence-corrected chi connectivity index (χ3v) is 15.0. The van der Waals surface area contributed by atoms with Gasteiger partial charge in [0.15, 0.2) is 0 Å². The Morgan fingerprint density at radius 2 is 1.36 bits per heavy atom. The molecule has 0 radical (unpaired) electrons. The molecule has 0 N–H and O–H groups in total.